The van der Waals surface area contributed by atoms with Crippen LogP contribution < -0.4 is 20.9 Å². The number of hydrogen-bond donors (Lipinski definition) is 3. The Morgan fingerprint density at radius 3 is 2.48 bits per heavy atom. The van der Waals surface area contributed by atoms with E-state index in [-0.39, 0.29) is 5.91 Å². The van der Waals surface area contributed by atoms with Crippen molar-refractivity contribution in [2.75, 3.05) is 13.2 Å². The van der Waals surface area contributed by atoms with Gasteiger partial charge in [0.2, 0.25) is 0 Å². The van der Waals surface area contributed by atoms with Gasteiger partial charge in [-0.1, -0.05) is 26.0 Å². The number of amides is 1. The summed E-state index contributed by atoms with van der Waals surface area (Å²) in [4.78, 5) is 12.0. The average Bonchev–Trinajstić information content (AvgIpc) is 2.51. The molecule has 0 aliphatic carbocycles. The van der Waals surface area contributed by atoms with Gasteiger partial charge in [-0.15, -0.1) is 0 Å². The number of thiocarbonyl (C=S) groups is 1. The van der Waals surface area contributed by atoms with Crippen LogP contribution in [0.3, 0.4) is 0 Å². The van der Waals surface area contributed by atoms with E-state index in [1.165, 1.54) is 0 Å². The van der Waals surface area contributed by atoms with Crippen molar-refractivity contribution in [2.24, 2.45) is 5.92 Å². The summed E-state index contributed by atoms with van der Waals surface area (Å²) >= 11 is 5.03. The molecule has 126 valence electrons. The first-order valence-corrected chi connectivity index (χ1v) is 8.00. The van der Waals surface area contributed by atoms with Crippen molar-refractivity contribution < 1.29 is 9.53 Å². The lowest BCUT2D eigenvalue weighted by atomic mass is 10.1. The van der Waals surface area contributed by atoms with Gasteiger partial charge in [0.25, 0.3) is 5.91 Å². The van der Waals surface area contributed by atoms with Crippen LogP contribution in [0.4, 0.5) is 0 Å². The number of rotatable bonds is 7. The number of nitrogens with one attached hydrogen (secondary N) is 3. The van der Waals surface area contributed by atoms with Crippen LogP contribution in [-0.2, 0) is 0 Å². The topological polar surface area (TPSA) is 62.4 Å². The zero-order valence-electron chi connectivity index (χ0n) is 13.9. The van der Waals surface area contributed by atoms with Crippen molar-refractivity contribution >= 4 is 23.2 Å². The van der Waals surface area contributed by atoms with Crippen LogP contribution in [0.2, 0.25) is 0 Å². The largest absolute Gasteiger partial charge is 0.494 e. The highest BCUT2D eigenvalue weighted by Crippen LogP contribution is 2.13. The molecule has 0 atom stereocenters. The first kappa shape index (κ1) is 19.0. The van der Waals surface area contributed by atoms with Gasteiger partial charge in [-0.05, 0) is 55.7 Å². The normalized spacial score (nSPS) is 10.1. The van der Waals surface area contributed by atoms with Crippen molar-refractivity contribution in [3.05, 3.63) is 42.0 Å². The molecule has 5 nitrogen and oxygen atoms in total. The van der Waals surface area contributed by atoms with E-state index in [9.17, 15) is 4.79 Å². The minimum Gasteiger partial charge on any atom is -0.494 e. The van der Waals surface area contributed by atoms with Gasteiger partial charge in [-0.25, -0.2) is 0 Å². The van der Waals surface area contributed by atoms with E-state index >= 15 is 0 Å². The highest BCUT2D eigenvalue weighted by Gasteiger charge is 2.06. The zero-order chi connectivity index (χ0) is 17.2. The van der Waals surface area contributed by atoms with Gasteiger partial charge in [-0.2, -0.15) is 0 Å². The lowest BCUT2D eigenvalue weighted by Crippen LogP contribution is -2.47. The van der Waals surface area contributed by atoms with E-state index < -0.39 is 0 Å². The molecule has 23 heavy (non-hydrogen) atoms. The minimum atomic E-state index is -0.266. The Bertz CT molecular complexity index is 541. The van der Waals surface area contributed by atoms with Crippen molar-refractivity contribution in [3.63, 3.8) is 0 Å². The Morgan fingerprint density at radius 2 is 1.91 bits per heavy atom. The second-order valence-electron chi connectivity index (χ2n) is 5.77. The van der Waals surface area contributed by atoms with Crippen LogP contribution in [0, 0.1) is 5.92 Å². The molecule has 0 radical (unpaired) electrons. The lowest BCUT2D eigenvalue weighted by Gasteiger charge is -2.12. The molecule has 0 fully saturated rings. The number of carbonyl (C=O) groups excluding carboxylic acids is 1. The van der Waals surface area contributed by atoms with Crippen molar-refractivity contribution in [1.82, 2.24) is 16.2 Å². The molecule has 6 heteroatoms. The molecular weight excluding hydrogens is 310 g/mol. The molecule has 3 N–H and O–H groups in total. The van der Waals surface area contributed by atoms with Gasteiger partial charge in [-0.3, -0.25) is 15.6 Å². The quantitative estimate of drug-likeness (QED) is 0.406. The van der Waals surface area contributed by atoms with Crippen LogP contribution in [-0.4, -0.2) is 24.2 Å². The van der Waals surface area contributed by atoms with Crippen molar-refractivity contribution in [2.45, 2.75) is 27.2 Å². The van der Waals surface area contributed by atoms with E-state index in [0.717, 1.165) is 17.7 Å². The average molecular weight is 335 g/mol. The second-order valence-corrected chi connectivity index (χ2v) is 6.18. The fourth-order valence-electron chi connectivity index (χ4n) is 1.58. The molecule has 1 rings (SSSR count). The summed E-state index contributed by atoms with van der Waals surface area (Å²) in [5.41, 5.74) is 6.66. The maximum absolute atomic E-state index is 12.0. The van der Waals surface area contributed by atoms with Gasteiger partial charge in [0, 0.05) is 12.1 Å². The molecule has 0 aliphatic rings. The van der Waals surface area contributed by atoms with Gasteiger partial charge in [0.05, 0.1) is 6.61 Å². The summed E-state index contributed by atoms with van der Waals surface area (Å²) in [7, 11) is 0. The van der Waals surface area contributed by atoms with E-state index in [4.69, 9.17) is 17.0 Å². The maximum atomic E-state index is 12.0. The van der Waals surface area contributed by atoms with Crippen LogP contribution in [0.15, 0.2) is 36.4 Å². The van der Waals surface area contributed by atoms with Crippen LogP contribution in [0.1, 0.15) is 37.6 Å². The highest BCUT2D eigenvalue weighted by atomic mass is 32.1. The molecule has 0 aromatic heterocycles. The standard InChI is InChI=1S/C17H25N3O2S/c1-12(2)9-10-22-15-7-5-14(6-8-15)16(21)19-20-17(23)18-11-13(3)4/h5-8,12H,3,9-11H2,1-2,4H3,(H,19,21)(H2,18,20,23). The molecular formula is C17H25N3O2S. The SMILES string of the molecule is C=C(C)CNC(=S)NNC(=O)c1ccc(OCCC(C)C)cc1. The summed E-state index contributed by atoms with van der Waals surface area (Å²) in [5.74, 6) is 1.10. The highest BCUT2D eigenvalue weighted by molar-refractivity contribution is 7.80. The smallest absolute Gasteiger partial charge is 0.269 e. The fraction of sp³-hybridized carbons (Fsp3) is 0.412. The van der Waals surface area contributed by atoms with Gasteiger partial charge >= 0.3 is 0 Å². The van der Waals surface area contributed by atoms with E-state index in [2.05, 4.69) is 36.6 Å². The van der Waals surface area contributed by atoms with E-state index in [1.54, 1.807) is 24.3 Å². The number of hydrazine groups is 1. The lowest BCUT2D eigenvalue weighted by molar-refractivity contribution is 0.0943. The first-order valence-electron chi connectivity index (χ1n) is 7.60. The number of ether oxygens (including phenoxy) is 1. The molecule has 0 heterocycles. The summed E-state index contributed by atoms with van der Waals surface area (Å²) in [6, 6.07) is 7.00. The van der Waals surface area contributed by atoms with Gasteiger partial charge in [0.1, 0.15) is 5.75 Å². The predicted molar refractivity (Wildman–Crippen MR) is 97.4 cm³/mol. The summed E-state index contributed by atoms with van der Waals surface area (Å²) < 4.78 is 5.62. The molecule has 0 aliphatic heterocycles. The molecule has 0 saturated heterocycles. The Labute approximate surface area is 143 Å². The first-order chi connectivity index (χ1) is 10.9. The molecule has 0 spiro atoms. The van der Waals surface area contributed by atoms with Crippen molar-refractivity contribution in [3.8, 4) is 5.75 Å². The Hall–Kier alpha value is -2.08. The molecule has 1 aromatic carbocycles. The van der Waals surface area contributed by atoms with E-state index in [0.29, 0.717) is 29.7 Å². The van der Waals surface area contributed by atoms with Crippen LogP contribution >= 0.6 is 12.2 Å². The Kier molecular flexibility index (Phi) is 8.11. The molecule has 1 amide bonds. The molecule has 1 aromatic rings. The summed E-state index contributed by atoms with van der Waals surface area (Å²) in [6.45, 7) is 11.2. The third-order valence-corrected chi connectivity index (χ3v) is 3.17. The van der Waals surface area contributed by atoms with Crippen molar-refractivity contribution in [1.29, 1.82) is 0 Å². The molecule has 0 bridgehead atoms. The van der Waals surface area contributed by atoms with Crippen LogP contribution in [0.25, 0.3) is 0 Å². The van der Waals surface area contributed by atoms with Gasteiger partial charge in [0.15, 0.2) is 5.11 Å². The maximum Gasteiger partial charge on any atom is 0.269 e. The van der Waals surface area contributed by atoms with E-state index in [1.807, 2.05) is 6.92 Å². The molecule has 0 unspecified atom stereocenters. The number of hydrogen-bond acceptors (Lipinski definition) is 3. The van der Waals surface area contributed by atoms with Gasteiger partial charge < -0.3 is 10.1 Å². The number of carbonyl (C=O) groups is 1. The zero-order valence-corrected chi connectivity index (χ0v) is 14.8. The second kappa shape index (κ2) is 9.84. The third kappa shape index (κ3) is 8.21. The Morgan fingerprint density at radius 1 is 1.26 bits per heavy atom. The monoisotopic (exact) mass is 335 g/mol. The summed E-state index contributed by atoms with van der Waals surface area (Å²) in [5, 5.41) is 3.26. The minimum absolute atomic E-state index is 0.266. The Balaban J connectivity index is 2.39. The predicted octanol–water partition coefficient (Wildman–Crippen LogP) is 2.80. The third-order valence-electron chi connectivity index (χ3n) is 2.92. The van der Waals surface area contributed by atoms with Crippen LogP contribution in [0.5, 0.6) is 5.75 Å². The fourth-order valence-corrected chi connectivity index (χ4v) is 1.70. The molecule has 0 saturated carbocycles. The summed E-state index contributed by atoms with van der Waals surface area (Å²) in [6.07, 6.45) is 1.00. The number of benzene rings is 1.